The Hall–Kier alpha value is -0.580. The number of benzene rings is 1. The fourth-order valence-electron chi connectivity index (χ4n) is 1.31. The third kappa shape index (κ3) is 4.12. The number of carbonyl (C=O) groups is 1. The number of aryl methyl sites for hydroxylation is 1. The molecule has 0 spiro atoms. The minimum Gasteiger partial charge on any atom is -0.469 e. The zero-order valence-electron chi connectivity index (χ0n) is 9.20. The second-order valence-corrected chi connectivity index (χ2v) is 4.27. The summed E-state index contributed by atoms with van der Waals surface area (Å²) >= 11 is 3.43. The van der Waals surface area contributed by atoms with Crippen LogP contribution in [0.15, 0.2) is 22.7 Å². The molecule has 3 nitrogen and oxygen atoms in total. The van der Waals surface area contributed by atoms with Crippen molar-refractivity contribution in [1.29, 1.82) is 0 Å². The molecule has 0 saturated heterocycles. The Morgan fingerprint density at radius 1 is 1.56 bits per heavy atom. The van der Waals surface area contributed by atoms with Crippen molar-refractivity contribution in [3.05, 3.63) is 33.8 Å². The minimum absolute atomic E-state index is 0. The fraction of sp³-hybridized carbons (Fsp3) is 0.364. The average molecular weight is 309 g/mol. The van der Waals surface area contributed by atoms with E-state index in [4.69, 9.17) is 5.73 Å². The lowest BCUT2D eigenvalue weighted by atomic mass is 10.0. The molecule has 1 atom stereocenters. The van der Waals surface area contributed by atoms with E-state index < -0.39 is 0 Å². The lowest BCUT2D eigenvalue weighted by Gasteiger charge is -2.12. The number of carbonyl (C=O) groups excluding carboxylic acids is 1. The molecule has 2 N–H and O–H groups in total. The average Bonchev–Trinajstić information content (AvgIpc) is 2.17. The molecule has 1 rings (SSSR count). The lowest BCUT2D eigenvalue weighted by molar-refractivity contribution is -0.141. The van der Waals surface area contributed by atoms with Crippen LogP contribution in [0.5, 0.6) is 0 Å². The largest absolute Gasteiger partial charge is 0.469 e. The predicted molar refractivity (Wildman–Crippen MR) is 69.7 cm³/mol. The van der Waals surface area contributed by atoms with Crippen LogP contribution >= 0.6 is 28.3 Å². The van der Waals surface area contributed by atoms with Gasteiger partial charge in [-0.3, -0.25) is 4.79 Å². The Morgan fingerprint density at radius 3 is 2.69 bits per heavy atom. The van der Waals surface area contributed by atoms with Crippen molar-refractivity contribution in [3.8, 4) is 0 Å². The van der Waals surface area contributed by atoms with E-state index in [9.17, 15) is 4.79 Å². The number of halogens is 2. The summed E-state index contributed by atoms with van der Waals surface area (Å²) in [6, 6.07) is 5.55. The molecule has 0 aliphatic heterocycles. The van der Waals surface area contributed by atoms with Crippen molar-refractivity contribution >= 4 is 34.3 Å². The second-order valence-electron chi connectivity index (χ2n) is 3.41. The van der Waals surface area contributed by atoms with E-state index in [1.807, 2.05) is 25.1 Å². The molecule has 0 unspecified atom stereocenters. The van der Waals surface area contributed by atoms with Crippen LogP contribution in [-0.4, -0.2) is 13.1 Å². The van der Waals surface area contributed by atoms with Gasteiger partial charge in [0.2, 0.25) is 0 Å². The zero-order chi connectivity index (χ0) is 11.4. The van der Waals surface area contributed by atoms with Crippen LogP contribution in [0, 0.1) is 6.92 Å². The summed E-state index contributed by atoms with van der Waals surface area (Å²) in [5, 5.41) is 0. The van der Waals surface area contributed by atoms with Crippen molar-refractivity contribution in [2.24, 2.45) is 5.73 Å². The zero-order valence-corrected chi connectivity index (χ0v) is 11.6. The standard InChI is InChI=1S/C11H14BrNO2.ClH/c1-7-3-4-8(9(12)5-7)10(13)6-11(14)15-2;/h3-5,10H,6,13H2,1-2H3;1H/t10-;/m0./s1. The summed E-state index contributed by atoms with van der Waals surface area (Å²) in [4.78, 5) is 11.1. The third-order valence-corrected chi connectivity index (χ3v) is 2.86. The van der Waals surface area contributed by atoms with Crippen molar-refractivity contribution in [3.63, 3.8) is 0 Å². The molecule has 0 amide bonds. The molecule has 0 fully saturated rings. The minimum atomic E-state index is -0.326. The Labute approximate surface area is 110 Å². The first-order chi connectivity index (χ1) is 7.04. The van der Waals surface area contributed by atoms with Gasteiger partial charge in [-0.15, -0.1) is 12.4 Å². The predicted octanol–water partition coefficient (Wildman–Crippen LogP) is 2.74. The van der Waals surface area contributed by atoms with Crippen molar-refractivity contribution in [2.75, 3.05) is 7.11 Å². The highest BCUT2D eigenvalue weighted by molar-refractivity contribution is 9.10. The van der Waals surface area contributed by atoms with Gasteiger partial charge in [0.25, 0.3) is 0 Å². The number of ether oxygens (including phenoxy) is 1. The maximum atomic E-state index is 11.1. The maximum absolute atomic E-state index is 11.1. The normalized spacial score (nSPS) is 11.5. The van der Waals surface area contributed by atoms with E-state index in [0.717, 1.165) is 15.6 Å². The van der Waals surface area contributed by atoms with Crippen LogP contribution in [0.4, 0.5) is 0 Å². The Bertz CT molecular complexity index is 371. The molecule has 0 aromatic heterocycles. The first-order valence-corrected chi connectivity index (χ1v) is 5.42. The summed E-state index contributed by atoms with van der Waals surface area (Å²) in [6.45, 7) is 2.00. The molecule has 0 heterocycles. The summed E-state index contributed by atoms with van der Waals surface area (Å²) in [7, 11) is 1.36. The van der Waals surface area contributed by atoms with Gasteiger partial charge >= 0.3 is 5.97 Å². The smallest absolute Gasteiger partial charge is 0.307 e. The highest BCUT2D eigenvalue weighted by atomic mass is 79.9. The van der Waals surface area contributed by atoms with E-state index in [1.165, 1.54) is 7.11 Å². The maximum Gasteiger partial charge on any atom is 0.307 e. The molecule has 1 aromatic rings. The van der Waals surface area contributed by atoms with Gasteiger partial charge in [-0.05, 0) is 24.1 Å². The first kappa shape index (κ1) is 15.4. The molecule has 0 saturated carbocycles. The molecular formula is C11H15BrClNO2. The van der Waals surface area contributed by atoms with Crippen LogP contribution in [-0.2, 0) is 9.53 Å². The van der Waals surface area contributed by atoms with Crippen molar-refractivity contribution in [2.45, 2.75) is 19.4 Å². The number of nitrogens with two attached hydrogens (primary N) is 1. The Balaban J connectivity index is 0.00000225. The Kier molecular flexibility index (Phi) is 6.64. The van der Waals surface area contributed by atoms with Crippen LogP contribution in [0.25, 0.3) is 0 Å². The number of rotatable bonds is 3. The highest BCUT2D eigenvalue weighted by Gasteiger charge is 2.14. The highest BCUT2D eigenvalue weighted by Crippen LogP contribution is 2.25. The van der Waals surface area contributed by atoms with Crippen LogP contribution < -0.4 is 5.73 Å². The van der Waals surface area contributed by atoms with Gasteiger partial charge in [0, 0.05) is 10.5 Å². The van der Waals surface area contributed by atoms with Crippen LogP contribution in [0.3, 0.4) is 0 Å². The van der Waals surface area contributed by atoms with Gasteiger partial charge in [0.1, 0.15) is 0 Å². The molecule has 0 aliphatic rings. The summed E-state index contributed by atoms with van der Waals surface area (Å²) in [6.07, 6.45) is 0.193. The van der Waals surface area contributed by atoms with E-state index in [2.05, 4.69) is 20.7 Å². The first-order valence-electron chi connectivity index (χ1n) is 4.63. The molecular weight excluding hydrogens is 293 g/mol. The van der Waals surface area contributed by atoms with Gasteiger partial charge in [-0.25, -0.2) is 0 Å². The van der Waals surface area contributed by atoms with Crippen molar-refractivity contribution < 1.29 is 9.53 Å². The van der Waals surface area contributed by atoms with Crippen molar-refractivity contribution in [1.82, 2.24) is 0 Å². The van der Waals surface area contributed by atoms with E-state index in [-0.39, 0.29) is 30.8 Å². The molecule has 0 bridgehead atoms. The van der Waals surface area contributed by atoms with Gasteiger partial charge in [0.05, 0.1) is 13.5 Å². The summed E-state index contributed by atoms with van der Waals surface area (Å²) in [5.41, 5.74) is 7.96. The fourth-order valence-corrected chi connectivity index (χ4v) is 2.09. The third-order valence-electron chi connectivity index (χ3n) is 2.17. The topological polar surface area (TPSA) is 52.3 Å². The van der Waals surface area contributed by atoms with Gasteiger partial charge in [-0.1, -0.05) is 28.1 Å². The number of hydrogen-bond acceptors (Lipinski definition) is 3. The quantitative estimate of drug-likeness (QED) is 0.874. The molecule has 0 aliphatic carbocycles. The molecule has 0 radical (unpaired) electrons. The van der Waals surface area contributed by atoms with Gasteiger partial charge in [-0.2, -0.15) is 0 Å². The molecule has 5 heteroatoms. The summed E-state index contributed by atoms with van der Waals surface area (Å²) in [5.74, 6) is -0.296. The monoisotopic (exact) mass is 307 g/mol. The molecule has 1 aromatic carbocycles. The van der Waals surface area contributed by atoms with Gasteiger partial charge < -0.3 is 10.5 Å². The Morgan fingerprint density at radius 2 is 2.19 bits per heavy atom. The van der Waals surface area contributed by atoms with E-state index in [1.54, 1.807) is 0 Å². The molecule has 16 heavy (non-hydrogen) atoms. The number of esters is 1. The van der Waals surface area contributed by atoms with E-state index in [0.29, 0.717) is 0 Å². The van der Waals surface area contributed by atoms with E-state index >= 15 is 0 Å². The number of methoxy groups -OCH3 is 1. The SMILES string of the molecule is COC(=O)C[C@H](N)c1ccc(C)cc1Br.Cl. The summed E-state index contributed by atoms with van der Waals surface area (Å²) < 4.78 is 5.50. The second kappa shape index (κ2) is 6.89. The number of hydrogen-bond donors (Lipinski definition) is 1. The lowest BCUT2D eigenvalue weighted by Crippen LogP contribution is -2.16. The van der Waals surface area contributed by atoms with Crippen LogP contribution in [0.2, 0.25) is 0 Å². The molecule has 90 valence electrons. The van der Waals surface area contributed by atoms with Gasteiger partial charge in [0.15, 0.2) is 0 Å². The van der Waals surface area contributed by atoms with Crippen LogP contribution in [0.1, 0.15) is 23.6 Å².